The number of aliphatic hydroxyl groups excluding tert-OH is 1. The molecule has 0 amide bonds. The summed E-state index contributed by atoms with van der Waals surface area (Å²) in [5, 5.41) is 18.0. The topological polar surface area (TPSA) is 90.2 Å². The van der Waals surface area contributed by atoms with Crippen LogP contribution in [0.5, 0.6) is 0 Å². The molecule has 0 radical (unpaired) electrons. The Morgan fingerprint density at radius 3 is 2.57 bits per heavy atom. The molecule has 0 aliphatic heterocycles. The molecule has 0 unspecified atom stereocenters. The van der Waals surface area contributed by atoms with Crippen molar-refractivity contribution in [3.63, 3.8) is 0 Å². The van der Waals surface area contributed by atoms with E-state index in [2.05, 4.69) is 4.72 Å². The van der Waals surface area contributed by atoms with E-state index in [0.717, 1.165) is 6.07 Å². The maximum atomic E-state index is 12.7. The van der Waals surface area contributed by atoms with Crippen molar-refractivity contribution in [3.05, 3.63) is 41.5 Å². The summed E-state index contributed by atoms with van der Waals surface area (Å²) in [5.74, 6) is 0. The highest BCUT2D eigenvalue weighted by Gasteiger charge is 2.34. The molecular weight excluding hydrogens is 333 g/mol. The fraction of sp³-hybridized carbons (Fsp3) is 0.357. The van der Waals surface area contributed by atoms with E-state index in [0.29, 0.717) is 12.1 Å². The number of nitriles is 1. The van der Waals surface area contributed by atoms with Gasteiger partial charge in [-0.3, -0.25) is 0 Å². The molecule has 0 bridgehead atoms. The first-order valence-corrected chi connectivity index (χ1v) is 7.99. The molecular formula is C14H15F3N2O3S. The molecule has 0 heterocycles. The van der Waals surface area contributed by atoms with Crippen LogP contribution in [0.4, 0.5) is 13.2 Å². The van der Waals surface area contributed by atoms with E-state index < -0.39 is 44.9 Å². The van der Waals surface area contributed by atoms with Crippen LogP contribution in [0.15, 0.2) is 35.2 Å². The number of allylic oxidation sites excluding steroid dienone is 1. The van der Waals surface area contributed by atoms with Gasteiger partial charge >= 0.3 is 6.18 Å². The minimum atomic E-state index is -4.75. The lowest BCUT2D eigenvalue weighted by molar-refractivity contribution is -0.137. The standard InChI is InChI=1S/C14H15F3N2O3S/c1-2-3-4-11(9-20)19-23(21,22)12-5-6-13(14(15,16)17)10(7-12)8-18/h2-3,5-7,11,19-20H,4,9H2,1H3/b3-2+/t11-/m0/s1. The van der Waals surface area contributed by atoms with E-state index in [-0.39, 0.29) is 6.42 Å². The van der Waals surface area contributed by atoms with E-state index in [1.807, 2.05) is 0 Å². The van der Waals surface area contributed by atoms with Gasteiger partial charge in [0.25, 0.3) is 0 Å². The molecule has 5 nitrogen and oxygen atoms in total. The Kier molecular flexibility index (Phi) is 6.32. The summed E-state index contributed by atoms with van der Waals surface area (Å²) in [4.78, 5) is -0.471. The minimum Gasteiger partial charge on any atom is -0.395 e. The number of halogens is 3. The van der Waals surface area contributed by atoms with Crippen molar-refractivity contribution < 1.29 is 26.7 Å². The van der Waals surface area contributed by atoms with Crippen molar-refractivity contribution in [2.75, 3.05) is 6.61 Å². The first kappa shape index (κ1) is 19.2. The average Bonchev–Trinajstić information content (AvgIpc) is 2.49. The molecule has 9 heteroatoms. The summed E-state index contributed by atoms with van der Waals surface area (Å²) in [5.41, 5.74) is -1.99. The van der Waals surface area contributed by atoms with Crippen molar-refractivity contribution in [2.24, 2.45) is 0 Å². The maximum absolute atomic E-state index is 12.7. The second-order valence-corrected chi connectivity index (χ2v) is 6.34. The van der Waals surface area contributed by atoms with Gasteiger partial charge in [0.05, 0.1) is 28.7 Å². The van der Waals surface area contributed by atoms with Crippen LogP contribution in [-0.2, 0) is 16.2 Å². The first-order valence-electron chi connectivity index (χ1n) is 6.51. The van der Waals surface area contributed by atoms with Gasteiger partial charge in [0.15, 0.2) is 0 Å². The summed E-state index contributed by atoms with van der Waals surface area (Å²) in [6.07, 6.45) is -1.22. The molecule has 1 rings (SSSR count). The van der Waals surface area contributed by atoms with Gasteiger partial charge in [0, 0.05) is 6.04 Å². The molecule has 0 aromatic heterocycles. The molecule has 1 aromatic carbocycles. The first-order chi connectivity index (χ1) is 10.7. The highest BCUT2D eigenvalue weighted by molar-refractivity contribution is 7.89. The zero-order chi connectivity index (χ0) is 17.7. The van der Waals surface area contributed by atoms with Gasteiger partial charge < -0.3 is 5.11 Å². The van der Waals surface area contributed by atoms with Crippen molar-refractivity contribution in [3.8, 4) is 6.07 Å². The third-order valence-corrected chi connectivity index (χ3v) is 4.44. The smallest absolute Gasteiger partial charge is 0.395 e. The Bertz CT molecular complexity index is 722. The van der Waals surface area contributed by atoms with Gasteiger partial charge in [-0.1, -0.05) is 12.2 Å². The summed E-state index contributed by atoms with van der Waals surface area (Å²) in [6.45, 7) is 1.24. The summed E-state index contributed by atoms with van der Waals surface area (Å²) in [7, 11) is -4.16. The Balaban J connectivity index is 3.17. The zero-order valence-electron chi connectivity index (χ0n) is 12.1. The van der Waals surface area contributed by atoms with E-state index in [4.69, 9.17) is 10.4 Å². The van der Waals surface area contributed by atoms with Crippen LogP contribution in [0.3, 0.4) is 0 Å². The fourth-order valence-corrected chi connectivity index (χ4v) is 3.04. The monoisotopic (exact) mass is 348 g/mol. The van der Waals surface area contributed by atoms with Gasteiger partial charge in [0.2, 0.25) is 10.0 Å². The SMILES string of the molecule is C/C=C/C[C@@H](CO)NS(=O)(=O)c1ccc(C(F)(F)F)c(C#N)c1. The van der Waals surface area contributed by atoms with Crippen LogP contribution >= 0.6 is 0 Å². The second-order valence-electron chi connectivity index (χ2n) is 4.62. The number of sulfonamides is 1. The summed E-state index contributed by atoms with van der Waals surface area (Å²) >= 11 is 0. The lowest BCUT2D eigenvalue weighted by Crippen LogP contribution is -2.37. The number of aliphatic hydroxyl groups is 1. The minimum absolute atomic E-state index is 0.220. The van der Waals surface area contributed by atoms with Gasteiger partial charge in [-0.05, 0) is 31.5 Å². The Labute approximate surface area is 132 Å². The van der Waals surface area contributed by atoms with Crippen molar-refractivity contribution >= 4 is 10.0 Å². The highest BCUT2D eigenvalue weighted by atomic mass is 32.2. The number of rotatable bonds is 6. The molecule has 1 atom stereocenters. The predicted molar refractivity (Wildman–Crippen MR) is 76.8 cm³/mol. The molecule has 0 saturated heterocycles. The zero-order valence-corrected chi connectivity index (χ0v) is 12.9. The molecule has 126 valence electrons. The highest BCUT2D eigenvalue weighted by Crippen LogP contribution is 2.32. The van der Waals surface area contributed by atoms with Crippen molar-refractivity contribution in [1.29, 1.82) is 5.26 Å². The van der Waals surface area contributed by atoms with Gasteiger partial charge in [-0.15, -0.1) is 0 Å². The van der Waals surface area contributed by atoms with Crippen LogP contribution in [0.2, 0.25) is 0 Å². The van der Waals surface area contributed by atoms with Gasteiger partial charge in [0.1, 0.15) is 0 Å². The molecule has 23 heavy (non-hydrogen) atoms. The third kappa shape index (κ3) is 5.06. The largest absolute Gasteiger partial charge is 0.417 e. The molecule has 1 aromatic rings. The van der Waals surface area contributed by atoms with Crippen LogP contribution in [0.1, 0.15) is 24.5 Å². The normalized spacial score (nSPS) is 13.9. The van der Waals surface area contributed by atoms with Crippen LogP contribution in [-0.4, -0.2) is 26.2 Å². The van der Waals surface area contributed by atoms with Crippen LogP contribution < -0.4 is 4.72 Å². The van der Waals surface area contributed by atoms with Crippen LogP contribution in [0.25, 0.3) is 0 Å². The van der Waals surface area contributed by atoms with Crippen molar-refractivity contribution in [2.45, 2.75) is 30.5 Å². The van der Waals surface area contributed by atoms with Crippen molar-refractivity contribution in [1.82, 2.24) is 4.72 Å². The molecule has 0 aliphatic rings. The number of hydrogen-bond donors (Lipinski definition) is 2. The molecule has 2 N–H and O–H groups in total. The van der Waals surface area contributed by atoms with Gasteiger partial charge in [-0.25, -0.2) is 13.1 Å². The van der Waals surface area contributed by atoms with E-state index >= 15 is 0 Å². The summed E-state index contributed by atoms with van der Waals surface area (Å²) in [6, 6.07) is 2.51. The number of nitrogens with zero attached hydrogens (tertiary/aromatic N) is 1. The van der Waals surface area contributed by atoms with Gasteiger partial charge in [-0.2, -0.15) is 18.4 Å². The maximum Gasteiger partial charge on any atom is 0.417 e. The Hall–Kier alpha value is -1.89. The Morgan fingerprint density at radius 2 is 2.09 bits per heavy atom. The quantitative estimate of drug-likeness (QED) is 0.771. The fourth-order valence-electron chi connectivity index (χ4n) is 1.78. The second kappa shape index (κ2) is 7.59. The van der Waals surface area contributed by atoms with E-state index in [1.165, 1.54) is 6.07 Å². The molecule has 0 fully saturated rings. The predicted octanol–water partition coefficient (Wildman–Crippen LogP) is 2.18. The number of benzene rings is 1. The number of alkyl halides is 3. The Morgan fingerprint density at radius 1 is 1.43 bits per heavy atom. The lowest BCUT2D eigenvalue weighted by atomic mass is 10.1. The van der Waals surface area contributed by atoms with E-state index in [1.54, 1.807) is 19.1 Å². The molecule has 0 spiro atoms. The molecule has 0 aliphatic carbocycles. The van der Waals surface area contributed by atoms with Crippen LogP contribution in [0, 0.1) is 11.3 Å². The third-order valence-electron chi connectivity index (χ3n) is 2.93. The number of nitrogens with one attached hydrogen (secondary N) is 1. The average molecular weight is 348 g/mol. The lowest BCUT2D eigenvalue weighted by Gasteiger charge is -2.16. The molecule has 0 saturated carbocycles. The summed E-state index contributed by atoms with van der Waals surface area (Å²) < 4.78 is 64.6. The number of hydrogen-bond acceptors (Lipinski definition) is 4. The van der Waals surface area contributed by atoms with E-state index in [9.17, 15) is 21.6 Å².